The Hall–Kier alpha value is -3.28. The molecule has 0 amide bonds. The molecule has 0 aliphatic rings. The Bertz CT molecular complexity index is 989. The highest BCUT2D eigenvalue weighted by molar-refractivity contribution is 6.01. The second kappa shape index (κ2) is 6.68. The fourth-order valence-corrected chi connectivity index (χ4v) is 2.63. The molecular weight excluding hydrogens is 318 g/mol. The SMILES string of the molecule is COc1ccc(-n2c(O)c(C=NN(C)C)c3ccccc3c2=O)cc1. The Kier molecular flexibility index (Phi) is 4.43. The van der Waals surface area contributed by atoms with Gasteiger partial charge >= 0.3 is 0 Å². The summed E-state index contributed by atoms with van der Waals surface area (Å²) in [6, 6.07) is 14.1. The third-order valence-electron chi connectivity index (χ3n) is 3.85. The van der Waals surface area contributed by atoms with Crippen LogP contribution in [0, 0.1) is 0 Å². The molecule has 1 heterocycles. The van der Waals surface area contributed by atoms with Crippen molar-refractivity contribution in [2.75, 3.05) is 21.2 Å². The molecule has 0 spiro atoms. The first kappa shape index (κ1) is 16.6. The fourth-order valence-electron chi connectivity index (χ4n) is 2.63. The minimum Gasteiger partial charge on any atom is -0.497 e. The molecule has 6 nitrogen and oxygen atoms in total. The first-order valence-electron chi connectivity index (χ1n) is 7.75. The van der Waals surface area contributed by atoms with E-state index in [0.717, 1.165) is 0 Å². The number of hydrazone groups is 1. The molecule has 0 fully saturated rings. The zero-order chi connectivity index (χ0) is 18.0. The van der Waals surface area contributed by atoms with Crippen LogP contribution in [0.1, 0.15) is 5.56 Å². The Morgan fingerprint density at radius 3 is 2.32 bits per heavy atom. The predicted octanol–water partition coefficient (Wildman–Crippen LogP) is 2.60. The van der Waals surface area contributed by atoms with Crippen molar-refractivity contribution < 1.29 is 9.84 Å². The van der Waals surface area contributed by atoms with Crippen LogP contribution in [0.15, 0.2) is 58.4 Å². The van der Waals surface area contributed by atoms with E-state index in [4.69, 9.17) is 4.74 Å². The van der Waals surface area contributed by atoms with Gasteiger partial charge in [-0.15, -0.1) is 0 Å². The number of ether oxygens (including phenoxy) is 1. The van der Waals surface area contributed by atoms with Crippen LogP contribution >= 0.6 is 0 Å². The number of rotatable bonds is 4. The van der Waals surface area contributed by atoms with Gasteiger partial charge in [-0.05, 0) is 30.3 Å². The Balaban J connectivity index is 2.33. The summed E-state index contributed by atoms with van der Waals surface area (Å²) in [5, 5.41) is 17.8. The van der Waals surface area contributed by atoms with Gasteiger partial charge in [-0.3, -0.25) is 4.79 Å². The monoisotopic (exact) mass is 337 g/mol. The van der Waals surface area contributed by atoms with Gasteiger partial charge in [0.15, 0.2) is 0 Å². The summed E-state index contributed by atoms with van der Waals surface area (Å²) in [5.41, 5.74) is 0.744. The van der Waals surface area contributed by atoms with E-state index in [-0.39, 0.29) is 11.4 Å². The number of benzene rings is 2. The highest BCUT2D eigenvalue weighted by Crippen LogP contribution is 2.26. The number of hydrogen-bond donors (Lipinski definition) is 1. The molecule has 25 heavy (non-hydrogen) atoms. The summed E-state index contributed by atoms with van der Waals surface area (Å²) < 4.78 is 6.42. The minimum atomic E-state index is -0.291. The zero-order valence-corrected chi connectivity index (χ0v) is 14.3. The van der Waals surface area contributed by atoms with Crippen LogP contribution in [0.5, 0.6) is 11.6 Å². The van der Waals surface area contributed by atoms with Crippen LogP contribution in [0.3, 0.4) is 0 Å². The molecule has 0 aliphatic heterocycles. The summed E-state index contributed by atoms with van der Waals surface area (Å²) in [6.45, 7) is 0. The molecule has 6 heteroatoms. The maximum Gasteiger partial charge on any atom is 0.265 e. The van der Waals surface area contributed by atoms with Crippen LogP contribution in [-0.4, -0.2) is 42.1 Å². The van der Waals surface area contributed by atoms with E-state index in [1.807, 2.05) is 6.07 Å². The smallest absolute Gasteiger partial charge is 0.265 e. The first-order chi connectivity index (χ1) is 12.0. The van der Waals surface area contributed by atoms with Gasteiger partial charge in [0, 0.05) is 24.9 Å². The van der Waals surface area contributed by atoms with Crippen molar-refractivity contribution in [3.63, 3.8) is 0 Å². The number of hydrogen-bond acceptors (Lipinski definition) is 5. The summed E-state index contributed by atoms with van der Waals surface area (Å²) >= 11 is 0. The highest BCUT2D eigenvalue weighted by atomic mass is 16.5. The van der Waals surface area contributed by atoms with Gasteiger partial charge in [-0.25, -0.2) is 4.57 Å². The van der Waals surface area contributed by atoms with Crippen molar-refractivity contribution >= 4 is 17.0 Å². The summed E-state index contributed by atoms with van der Waals surface area (Å²) in [5.74, 6) is 0.519. The van der Waals surface area contributed by atoms with E-state index >= 15 is 0 Å². The van der Waals surface area contributed by atoms with Gasteiger partial charge in [0.05, 0.1) is 24.6 Å². The predicted molar refractivity (Wildman–Crippen MR) is 99.0 cm³/mol. The van der Waals surface area contributed by atoms with Crippen LogP contribution in [0.2, 0.25) is 0 Å². The number of aromatic hydroxyl groups is 1. The molecule has 0 bridgehead atoms. The standard InChI is InChI=1S/C19H19N3O3/c1-21(2)20-12-17-15-6-4-5-7-16(15)18(23)22(19(17)24)13-8-10-14(25-3)11-9-13/h4-12,24H,1-3H3. The average molecular weight is 337 g/mol. The second-order valence-corrected chi connectivity index (χ2v) is 5.71. The van der Waals surface area contributed by atoms with Crippen molar-refractivity contribution in [1.82, 2.24) is 9.58 Å². The zero-order valence-electron chi connectivity index (χ0n) is 14.3. The van der Waals surface area contributed by atoms with Gasteiger partial charge in [-0.1, -0.05) is 18.2 Å². The molecule has 2 aromatic carbocycles. The van der Waals surface area contributed by atoms with Gasteiger partial charge < -0.3 is 14.9 Å². The number of aromatic nitrogens is 1. The van der Waals surface area contributed by atoms with Gasteiger partial charge in [-0.2, -0.15) is 5.10 Å². The van der Waals surface area contributed by atoms with Crippen LogP contribution < -0.4 is 10.3 Å². The fraction of sp³-hybridized carbons (Fsp3) is 0.158. The van der Waals surface area contributed by atoms with Gasteiger partial charge in [0.25, 0.3) is 5.56 Å². The van der Waals surface area contributed by atoms with Crippen molar-refractivity contribution in [2.24, 2.45) is 5.10 Å². The van der Waals surface area contributed by atoms with Crippen molar-refractivity contribution in [3.8, 4) is 17.3 Å². The minimum absolute atomic E-state index is 0.153. The molecule has 1 aromatic heterocycles. The van der Waals surface area contributed by atoms with E-state index < -0.39 is 0 Å². The summed E-state index contributed by atoms with van der Waals surface area (Å²) in [7, 11) is 5.15. The lowest BCUT2D eigenvalue weighted by Crippen LogP contribution is -2.20. The molecule has 3 aromatic rings. The molecule has 0 saturated carbocycles. The molecule has 0 atom stereocenters. The molecule has 0 saturated heterocycles. The quantitative estimate of drug-likeness (QED) is 0.587. The lowest BCUT2D eigenvalue weighted by Gasteiger charge is -2.14. The van der Waals surface area contributed by atoms with Crippen molar-refractivity contribution in [2.45, 2.75) is 0 Å². The number of nitrogens with zero attached hydrogens (tertiary/aromatic N) is 3. The Morgan fingerprint density at radius 1 is 1.08 bits per heavy atom. The molecule has 0 unspecified atom stereocenters. The number of fused-ring (bicyclic) bond motifs is 1. The van der Waals surface area contributed by atoms with E-state index in [1.165, 1.54) is 4.57 Å². The van der Waals surface area contributed by atoms with Gasteiger partial charge in [0.1, 0.15) is 5.75 Å². The average Bonchev–Trinajstić information content (AvgIpc) is 2.62. The van der Waals surface area contributed by atoms with Crippen LogP contribution in [0.4, 0.5) is 0 Å². The van der Waals surface area contributed by atoms with E-state index in [9.17, 15) is 9.90 Å². The topological polar surface area (TPSA) is 67.1 Å². The maximum absolute atomic E-state index is 12.9. The third-order valence-corrected chi connectivity index (χ3v) is 3.85. The van der Waals surface area contributed by atoms with Crippen molar-refractivity contribution in [3.05, 3.63) is 64.4 Å². The number of methoxy groups -OCH3 is 1. The van der Waals surface area contributed by atoms with Crippen LogP contribution in [-0.2, 0) is 0 Å². The number of pyridine rings is 1. The highest BCUT2D eigenvalue weighted by Gasteiger charge is 2.16. The molecule has 3 rings (SSSR count). The molecule has 128 valence electrons. The summed E-state index contributed by atoms with van der Waals surface area (Å²) in [4.78, 5) is 12.9. The normalized spacial score (nSPS) is 11.2. The first-order valence-corrected chi connectivity index (χ1v) is 7.75. The Labute approximate surface area is 145 Å². The lowest BCUT2D eigenvalue weighted by molar-refractivity contribution is 0.414. The van der Waals surface area contributed by atoms with Gasteiger partial charge in [0.2, 0.25) is 5.88 Å². The molecule has 0 radical (unpaired) electrons. The lowest BCUT2D eigenvalue weighted by atomic mass is 10.1. The van der Waals surface area contributed by atoms with E-state index in [0.29, 0.717) is 27.8 Å². The second-order valence-electron chi connectivity index (χ2n) is 5.71. The van der Waals surface area contributed by atoms with E-state index in [1.54, 1.807) is 74.9 Å². The van der Waals surface area contributed by atoms with Crippen molar-refractivity contribution in [1.29, 1.82) is 0 Å². The summed E-state index contributed by atoms with van der Waals surface area (Å²) in [6.07, 6.45) is 1.55. The third kappa shape index (κ3) is 3.06. The molecule has 1 N–H and O–H groups in total. The maximum atomic E-state index is 12.9. The van der Waals surface area contributed by atoms with E-state index in [2.05, 4.69) is 5.10 Å². The largest absolute Gasteiger partial charge is 0.497 e. The van der Waals surface area contributed by atoms with Crippen LogP contribution in [0.25, 0.3) is 16.5 Å². The Morgan fingerprint density at radius 2 is 1.72 bits per heavy atom. The molecular formula is C19H19N3O3. The molecule has 0 aliphatic carbocycles.